The third kappa shape index (κ3) is 5.96. The van der Waals surface area contributed by atoms with Crippen LogP contribution in [-0.4, -0.2) is 12.6 Å². The second kappa shape index (κ2) is 6.89. The van der Waals surface area contributed by atoms with Crippen LogP contribution in [0.15, 0.2) is 12.7 Å². The van der Waals surface area contributed by atoms with Crippen molar-refractivity contribution in [2.75, 3.05) is 0 Å². The fourth-order valence-electron chi connectivity index (χ4n) is 1.02. The highest BCUT2D eigenvalue weighted by atomic mass is 16.5. The standard InChI is InChI=1S/C10H17O2/c1-4-5-9(2)6-7-10(3)12-8-11/h4,8-10H,1,3,5-7H2,2H3/t9?,10-/m1/s1. The molecule has 0 aromatic heterocycles. The molecule has 0 fully saturated rings. The van der Waals surface area contributed by atoms with Crippen LogP contribution in [0.25, 0.3) is 0 Å². The summed E-state index contributed by atoms with van der Waals surface area (Å²) in [5.41, 5.74) is 0. The molecule has 1 radical (unpaired) electrons. The molecule has 0 spiro atoms. The topological polar surface area (TPSA) is 26.3 Å². The van der Waals surface area contributed by atoms with Gasteiger partial charge in [-0.3, -0.25) is 4.79 Å². The van der Waals surface area contributed by atoms with Gasteiger partial charge in [0.05, 0.1) is 0 Å². The van der Waals surface area contributed by atoms with Gasteiger partial charge in [-0.2, -0.15) is 0 Å². The molecule has 2 atom stereocenters. The molecular formula is C10H17O2. The van der Waals surface area contributed by atoms with E-state index >= 15 is 0 Å². The minimum atomic E-state index is -0.199. The van der Waals surface area contributed by atoms with Crippen LogP contribution >= 0.6 is 0 Å². The molecule has 1 unspecified atom stereocenters. The maximum atomic E-state index is 9.91. The van der Waals surface area contributed by atoms with Gasteiger partial charge in [0.15, 0.2) is 0 Å². The van der Waals surface area contributed by atoms with E-state index in [-0.39, 0.29) is 6.10 Å². The Morgan fingerprint density at radius 3 is 2.67 bits per heavy atom. The molecule has 0 bridgehead atoms. The molecule has 0 amide bonds. The molecule has 0 aliphatic heterocycles. The zero-order valence-electron chi connectivity index (χ0n) is 7.66. The monoisotopic (exact) mass is 169 g/mol. The van der Waals surface area contributed by atoms with E-state index in [9.17, 15) is 4.79 Å². The van der Waals surface area contributed by atoms with E-state index in [0.717, 1.165) is 19.3 Å². The van der Waals surface area contributed by atoms with Gasteiger partial charge in [0, 0.05) is 0 Å². The summed E-state index contributed by atoms with van der Waals surface area (Å²) in [5, 5.41) is 0. The molecule has 0 rings (SSSR count). The molecule has 0 saturated carbocycles. The number of carbonyl (C=O) groups excluding carboxylic acids is 1. The number of ether oxygens (including phenoxy) is 1. The fourth-order valence-corrected chi connectivity index (χ4v) is 1.02. The van der Waals surface area contributed by atoms with E-state index in [1.807, 2.05) is 6.08 Å². The Labute approximate surface area is 74.6 Å². The maximum absolute atomic E-state index is 9.91. The minimum Gasteiger partial charge on any atom is -0.465 e. The van der Waals surface area contributed by atoms with E-state index in [0.29, 0.717) is 12.4 Å². The van der Waals surface area contributed by atoms with E-state index in [2.05, 4.69) is 25.2 Å². The summed E-state index contributed by atoms with van der Waals surface area (Å²) in [4.78, 5) is 9.91. The van der Waals surface area contributed by atoms with Gasteiger partial charge in [-0.05, 0) is 32.1 Å². The van der Waals surface area contributed by atoms with Crippen molar-refractivity contribution in [3.8, 4) is 0 Å². The summed E-state index contributed by atoms with van der Waals surface area (Å²) < 4.78 is 4.65. The Kier molecular flexibility index (Phi) is 6.44. The van der Waals surface area contributed by atoms with Gasteiger partial charge in [0.25, 0.3) is 6.47 Å². The Hall–Kier alpha value is -0.790. The second-order valence-corrected chi connectivity index (χ2v) is 3.06. The normalized spacial score (nSPS) is 14.8. The van der Waals surface area contributed by atoms with Crippen LogP contribution < -0.4 is 0 Å². The van der Waals surface area contributed by atoms with Crippen molar-refractivity contribution in [3.05, 3.63) is 19.6 Å². The first kappa shape index (κ1) is 11.2. The van der Waals surface area contributed by atoms with E-state index < -0.39 is 0 Å². The van der Waals surface area contributed by atoms with Crippen LogP contribution in [0.5, 0.6) is 0 Å². The van der Waals surface area contributed by atoms with Gasteiger partial charge in [-0.25, -0.2) is 0 Å². The first-order chi connectivity index (χ1) is 5.70. The lowest BCUT2D eigenvalue weighted by Crippen LogP contribution is -2.08. The summed E-state index contributed by atoms with van der Waals surface area (Å²) in [7, 11) is 0. The zero-order chi connectivity index (χ0) is 9.40. The minimum absolute atomic E-state index is 0.199. The fraction of sp³-hybridized carbons (Fsp3) is 0.600. The molecule has 0 aromatic carbocycles. The maximum Gasteiger partial charge on any atom is 0.293 e. The molecule has 0 aromatic rings. The van der Waals surface area contributed by atoms with E-state index in [1.165, 1.54) is 0 Å². The molecule has 0 aliphatic carbocycles. The van der Waals surface area contributed by atoms with Gasteiger partial charge in [-0.15, -0.1) is 6.58 Å². The molecular weight excluding hydrogens is 152 g/mol. The van der Waals surface area contributed by atoms with Gasteiger partial charge >= 0.3 is 0 Å². The van der Waals surface area contributed by atoms with Crippen molar-refractivity contribution < 1.29 is 9.53 Å². The van der Waals surface area contributed by atoms with Crippen molar-refractivity contribution in [2.45, 2.75) is 32.3 Å². The third-order valence-corrected chi connectivity index (χ3v) is 1.80. The highest BCUT2D eigenvalue weighted by molar-refractivity contribution is 5.37. The number of allylic oxidation sites excluding steroid dienone is 1. The average Bonchev–Trinajstić information content (AvgIpc) is 2.02. The Morgan fingerprint density at radius 1 is 1.50 bits per heavy atom. The lowest BCUT2D eigenvalue weighted by molar-refractivity contribution is -0.132. The smallest absolute Gasteiger partial charge is 0.293 e. The summed E-state index contributed by atoms with van der Waals surface area (Å²) in [6.45, 7) is 9.94. The SMILES string of the molecule is [CH2][C@H](CCC(C)CC=C)OC=O. The molecule has 2 heteroatoms. The van der Waals surface area contributed by atoms with Gasteiger partial charge in [0.1, 0.15) is 6.10 Å². The number of hydrogen-bond donors (Lipinski definition) is 0. The molecule has 0 N–H and O–H groups in total. The molecule has 0 aliphatic rings. The highest BCUT2D eigenvalue weighted by Crippen LogP contribution is 2.12. The van der Waals surface area contributed by atoms with Crippen molar-refractivity contribution >= 4 is 6.47 Å². The quantitative estimate of drug-likeness (QED) is 0.432. The molecule has 69 valence electrons. The summed E-state index contributed by atoms with van der Waals surface area (Å²) in [5.74, 6) is 0.599. The highest BCUT2D eigenvalue weighted by Gasteiger charge is 2.05. The van der Waals surface area contributed by atoms with Crippen molar-refractivity contribution in [1.29, 1.82) is 0 Å². The van der Waals surface area contributed by atoms with Crippen LogP contribution in [0.4, 0.5) is 0 Å². The summed E-state index contributed by atoms with van der Waals surface area (Å²) >= 11 is 0. The van der Waals surface area contributed by atoms with E-state index in [1.54, 1.807) is 0 Å². The van der Waals surface area contributed by atoms with Gasteiger partial charge in [0.2, 0.25) is 0 Å². The third-order valence-electron chi connectivity index (χ3n) is 1.80. The Bertz CT molecular complexity index is 116. The number of carbonyl (C=O) groups is 1. The van der Waals surface area contributed by atoms with Crippen LogP contribution in [0.3, 0.4) is 0 Å². The zero-order valence-corrected chi connectivity index (χ0v) is 7.66. The number of rotatable bonds is 7. The predicted molar refractivity (Wildman–Crippen MR) is 49.5 cm³/mol. The van der Waals surface area contributed by atoms with Gasteiger partial charge in [-0.1, -0.05) is 13.0 Å². The molecule has 0 heterocycles. The van der Waals surface area contributed by atoms with Crippen LogP contribution in [0, 0.1) is 12.8 Å². The molecule has 12 heavy (non-hydrogen) atoms. The van der Waals surface area contributed by atoms with E-state index in [4.69, 9.17) is 0 Å². The molecule has 2 nitrogen and oxygen atoms in total. The predicted octanol–water partition coefficient (Wildman–Crippen LogP) is 2.35. The van der Waals surface area contributed by atoms with Crippen molar-refractivity contribution in [2.24, 2.45) is 5.92 Å². The first-order valence-corrected chi connectivity index (χ1v) is 4.23. The summed E-state index contributed by atoms with van der Waals surface area (Å²) in [6.07, 6.45) is 4.56. The van der Waals surface area contributed by atoms with Crippen molar-refractivity contribution in [3.63, 3.8) is 0 Å². The largest absolute Gasteiger partial charge is 0.465 e. The van der Waals surface area contributed by atoms with Crippen LogP contribution in [-0.2, 0) is 9.53 Å². The number of hydrogen-bond acceptors (Lipinski definition) is 2. The first-order valence-electron chi connectivity index (χ1n) is 4.23. The van der Waals surface area contributed by atoms with Crippen LogP contribution in [0.2, 0.25) is 0 Å². The second-order valence-electron chi connectivity index (χ2n) is 3.06. The summed E-state index contributed by atoms with van der Waals surface area (Å²) in [6, 6.07) is 0. The van der Waals surface area contributed by atoms with Crippen molar-refractivity contribution in [1.82, 2.24) is 0 Å². The van der Waals surface area contributed by atoms with Gasteiger partial charge < -0.3 is 4.74 Å². The van der Waals surface area contributed by atoms with Crippen LogP contribution in [0.1, 0.15) is 26.2 Å². The lowest BCUT2D eigenvalue weighted by atomic mass is 10.0. The molecule has 0 saturated heterocycles. The Balaban J connectivity index is 3.38. The lowest BCUT2D eigenvalue weighted by Gasteiger charge is -2.12. The average molecular weight is 169 g/mol. The Morgan fingerprint density at radius 2 is 2.17 bits per heavy atom.